The summed E-state index contributed by atoms with van der Waals surface area (Å²) in [5.41, 5.74) is 0. The summed E-state index contributed by atoms with van der Waals surface area (Å²) >= 11 is 0. The van der Waals surface area contributed by atoms with Crippen LogP contribution >= 0.6 is 0 Å². The summed E-state index contributed by atoms with van der Waals surface area (Å²) in [6.45, 7) is 13.8. The summed E-state index contributed by atoms with van der Waals surface area (Å²) in [6.07, 6.45) is 12.3. The summed E-state index contributed by atoms with van der Waals surface area (Å²) in [6, 6.07) is 0. The molecule has 0 saturated heterocycles. The molecule has 9 heteroatoms. The lowest BCUT2D eigenvalue weighted by Gasteiger charge is -2.32. The van der Waals surface area contributed by atoms with Crippen LogP contribution in [0, 0.1) is 0 Å². The molecule has 0 aliphatic heterocycles. The van der Waals surface area contributed by atoms with Gasteiger partial charge < -0.3 is 38.1 Å². The first-order chi connectivity index (χ1) is 18.6. The summed E-state index contributed by atoms with van der Waals surface area (Å²) in [7, 11) is 1.65. The summed E-state index contributed by atoms with van der Waals surface area (Å²) in [4.78, 5) is 14.0. The van der Waals surface area contributed by atoms with Crippen molar-refractivity contribution >= 4 is 6.09 Å². The van der Waals surface area contributed by atoms with Crippen LogP contribution in [0.1, 0.15) is 98.3 Å². The first-order valence-corrected chi connectivity index (χ1v) is 15.1. The van der Waals surface area contributed by atoms with Crippen molar-refractivity contribution in [3.05, 3.63) is 0 Å². The van der Waals surface area contributed by atoms with Crippen molar-refractivity contribution in [2.24, 2.45) is 0 Å². The molecule has 9 nitrogen and oxygen atoms in total. The third kappa shape index (κ3) is 20.9. The summed E-state index contributed by atoms with van der Waals surface area (Å²) in [5, 5.41) is 0. The van der Waals surface area contributed by atoms with E-state index in [1.807, 2.05) is 27.7 Å². The second-order valence-electron chi connectivity index (χ2n) is 9.17. The molecule has 0 saturated carbocycles. The van der Waals surface area contributed by atoms with Crippen molar-refractivity contribution in [2.45, 2.75) is 104 Å². The number of hydrogen-bond donors (Lipinski definition) is 0. The van der Waals surface area contributed by atoms with E-state index >= 15 is 0 Å². The van der Waals surface area contributed by atoms with E-state index in [1.165, 1.54) is 44.9 Å². The fourth-order valence-corrected chi connectivity index (χ4v) is 4.21. The Morgan fingerprint density at radius 1 is 0.579 bits per heavy atom. The number of amides is 1. The largest absolute Gasteiger partial charge is 0.450 e. The number of carbonyl (C=O) groups excluding carboxylic acids is 1. The molecule has 0 heterocycles. The monoisotopic (exact) mass is 549 g/mol. The lowest BCUT2D eigenvalue weighted by molar-refractivity contribution is -0.380. The van der Waals surface area contributed by atoms with Gasteiger partial charge in [0.15, 0.2) is 0 Å². The highest BCUT2D eigenvalue weighted by Crippen LogP contribution is 2.24. The number of hydrogen-bond acceptors (Lipinski definition) is 8. The van der Waals surface area contributed by atoms with Crippen molar-refractivity contribution < 1.29 is 38.0 Å². The van der Waals surface area contributed by atoms with Crippen molar-refractivity contribution in [1.82, 2.24) is 4.90 Å². The van der Waals surface area contributed by atoms with E-state index < -0.39 is 5.97 Å². The SMILES string of the molecule is CCOC(=O)N(CCCCCCCCCCCCC(OCC)(OCC)OCC)CCOCCOCCOC. The highest BCUT2D eigenvalue weighted by molar-refractivity contribution is 5.67. The van der Waals surface area contributed by atoms with Crippen molar-refractivity contribution in [3.8, 4) is 0 Å². The highest BCUT2D eigenvalue weighted by Gasteiger charge is 2.31. The predicted molar refractivity (Wildman–Crippen MR) is 151 cm³/mol. The lowest BCUT2D eigenvalue weighted by Crippen LogP contribution is -2.39. The maximum Gasteiger partial charge on any atom is 0.409 e. The minimum absolute atomic E-state index is 0.256. The Morgan fingerprint density at radius 2 is 1.05 bits per heavy atom. The van der Waals surface area contributed by atoms with Crippen molar-refractivity contribution in [2.75, 3.05) is 79.7 Å². The fourth-order valence-electron chi connectivity index (χ4n) is 4.21. The average molecular weight is 550 g/mol. The fraction of sp³-hybridized carbons (Fsp3) is 0.966. The van der Waals surface area contributed by atoms with Crippen molar-refractivity contribution in [3.63, 3.8) is 0 Å². The lowest BCUT2D eigenvalue weighted by atomic mass is 10.1. The zero-order chi connectivity index (χ0) is 28.2. The zero-order valence-corrected chi connectivity index (χ0v) is 25.3. The van der Waals surface area contributed by atoms with Gasteiger partial charge in [0.25, 0.3) is 5.97 Å². The maximum atomic E-state index is 12.2. The van der Waals surface area contributed by atoms with Gasteiger partial charge in [-0.15, -0.1) is 0 Å². The van der Waals surface area contributed by atoms with Crippen LogP contribution in [0.15, 0.2) is 0 Å². The number of ether oxygens (including phenoxy) is 7. The molecule has 0 radical (unpaired) electrons. The Labute approximate surface area is 233 Å². The Kier molecular flexibility index (Phi) is 26.9. The van der Waals surface area contributed by atoms with Crippen LogP contribution in [-0.2, 0) is 33.2 Å². The van der Waals surface area contributed by atoms with E-state index in [0.29, 0.717) is 72.6 Å². The van der Waals surface area contributed by atoms with Crippen LogP contribution in [0.5, 0.6) is 0 Å². The number of rotatable bonds is 29. The van der Waals surface area contributed by atoms with Crippen LogP contribution < -0.4 is 0 Å². The summed E-state index contributed by atoms with van der Waals surface area (Å²) < 4.78 is 38.5. The van der Waals surface area contributed by atoms with Crippen molar-refractivity contribution in [1.29, 1.82) is 0 Å². The molecule has 0 rings (SSSR count). The number of methoxy groups -OCH3 is 1. The van der Waals surface area contributed by atoms with Gasteiger partial charge in [0.1, 0.15) is 0 Å². The van der Waals surface area contributed by atoms with Crippen LogP contribution in [0.2, 0.25) is 0 Å². The minimum atomic E-state index is -0.868. The molecule has 228 valence electrons. The summed E-state index contributed by atoms with van der Waals surface area (Å²) in [5.74, 6) is -0.868. The molecule has 0 fully saturated rings. The second-order valence-corrected chi connectivity index (χ2v) is 9.17. The van der Waals surface area contributed by atoms with E-state index in [4.69, 9.17) is 33.2 Å². The zero-order valence-electron chi connectivity index (χ0n) is 25.3. The van der Waals surface area contributed by atoms with Crippen LogP contribution in [-0.4, -0.2) is 96.6 Å². The molecule has 0 aromatic heterocycles. The number of nitrogens with zero attached hydrogens (tertiary/aromatic N) is 1. The van der Waals surface area contributed by atoms with Gasteiger partial charge in [-0.1, -0.05) is 51.4 Å². The second kappa shape index (κ2) is 27.6. The van der Waals surface area contributed by atoms with Gasteiger partial charge in [0, 0.05) is 46.4 Å². The van der Waals surface area contributed by atoms with Gasteiger partial charge in [-0.25, -0.2) is 4.79 Å². The minimum Gasteiger partial charge on any atom is -0.450 e. The molecule has 0 bridgehead atoms. The van der Waals surface area contributed by atoms with Gasteiger partial charge in [0.05, 0.1) is 39.6 Å². The Morgan fingerprint density at radius 3 is 1.55 bits per heavy atom. The Hall–Kier alpha value is -0.970. The smallest absolute Gasteiger partial charge is 0.409 e. The first kappa shape index (κ1) is 37.0. The Bertz CT molecular complexity index is 492. The topological polar surface area (TPSA) is 84.9 Å². The third-order valence-electron chi connectivity index (χ3n) is 6.09. The molecule has 0 atom stereocenters. The van der Waals surface area contributed by atoms with Gasteiger partial charge in [-0.05, 0) is 40.5 Å². The quantitative estimate of drug-likeness (QED) is 0.0808. The molecule has 0 unspecified atom stereocenters. The first-order valence-electron chi connectivity index (χ1n) is 15.1. The molecule has 0 aromatic carbocycles. The molecule has 1 amide bonds. The molecule has 0 N–H and O–H groups in total. The number of carbonyl (C=O) groups is 1. The molecule has 0 spiro atoms. The van der Waals surface area contributed by atoms with Crippen LogP contribution in [0.4, 0.5) is 4.79 Å². The van der Waals surface area contributed by atoms with Gasteiger partial charge in [0.2, 0.25) is 0 Å². The normalized spacial score (nSPS) is 11.7. The van der Waals surface area contributed by atoms with Gasteiger partial charge in [-0.3, -0.25) is 0 Å². The maximum absolute atomic E-state index is 12.2. The molecule has 0 aliphatic rings. The van der Waals surface area contributed by atoms with E-state index in [2.05, 4.69) is 0 Å². The Balaban J connectivity index is 3.86. The molecular weight excluding hydrogens is 490 g/mol. The molecule has 0 aromatic rings. The number of unbranched alkanes of at least 4 members (excludes halogenated alkanes) is 9. The third-order valence-corrected chi connectivity index (χ3v) is 6.09. The predicted octanol–water partition coefficient (Wildman–Crippen LogP) is 6.18. The van der Waals surface area contributed by atoms with Crippen LogP contribution in [0.3, 0.4) is 0 Å². The van der Waals surface area contributed by atoms with E-state index in [1.54, 1.807) is 12.0 Å². The van der Waals surface area contributed by atoms with Crippen LogP contribution in [0.25, 0.3) is 0 Å². The molecular formula is C29H59NO8. The van der Waals surface area contributed by atoms with E-state index in [-0.39, 0.29) is 6.09 Å². The molecule has 38 heavy (non-hydrogen) atoms. The van der Waals surface area contributed by atoms with Gasteiger partial charge in [-0.2, -0.15) is 0 Å². The molecule has 0 aliphatic carbocycles. The average Bonchev–Trinajstić information content (AvgIpc) is 2.90. The van der Waals surface area contributed by atoms with E-state index in [0.717, 1.165) is 25.7 Å². The van der Waals surface area contributed by atoms with E-state index in [9.17, 15) is 4.79 Å². The van der Waals surface area contributed by atoms with Gasteiger partial charge >= 0.3 is 6.09 Å². The standard InChI is InChI=1S/C29H59NO8/c1-6-35-28(31)30(22-23-33-26-27-34-25-24-32-5)21-19-17-15-13-11-10-12-14-16-18-20-29(36-7-2,37-8-3)38-9-4/h6-27H2,1-5H3. The highest BCUT2D eigenvalue weighted by atomic mass is 16.9.